The van der Waals surface area contributed by atoms with Gasteiger partial charge in [0.15, 0.2) is 5.65 Å². The van der Waals surface area contributed by atoms with Gasteiger partial charge in [0.25, 0.3) is 0 Å². The zero-order valence-corrected chi connectivity index (χ0v) is 10.1. The minimum atomic E-state index is -0.733. The maximum atomic E-state index is 13.1. The van der Waals surface area contributed by atoms with E-state index in [2.05, 4.69) is 26.0 Å². The second-order valence-electron chi connectivity index (χ2n) is 3.87. The lowest BCUT2D eigenvalue weighted by Crippen LogP contribution is -2.21. The molecule has 2 aromatic heterocycles. The lowest BCUT2D eigenvalue weighted by Gasteiger charge is -2.15. The van der Waals surface area contributed by atoms with E-state index in [0.717, 1.165) is 22.6 Å². The molecule has 0 amide bonds. The first kappa shape index (κ1) is 10.0. The van der Waals surface area contributed by atoms with Gasteiger partial charge in [-0.2, -0.15) is 0 Å². The normalized spacial score (nSPS) is 20.9. The molecule has 1 fully saturated rings. The number of alkyl halides is 1. The van der Waals surface area contributed by atoms with Crippen LogP contribution in [0.3, 0.4) is 0 Å². The van der Waals surface area contributed by atoms with Gasteiger partial charge in [0, 0.05) is 6.54 Å². The van der Waals surface area contributed by atoms with Gasteiger partial charge in [-0.3, -0.25) is 0 Å². The molecule has 0 N–H and O–H groups in total. The Kier molecular flexibility index (Phi) is 2.31. The first-order valence-corrected chi connectivity index (χ1v) is 5.92. The summed E-state index contributed by atoms with van der Waals surface area (Å²) >= 11 is 3.37. The van der Waals surface area contributed by atoms with Crippen LogP contribution in [0.5, 0.6) is 0 Å². The van der Waals surface area contributed by atoms with Gasteiger partial charge in [-0.05, 0) is 34.5 Å². The molecule has 3 rings (SSSR count). The van der Waals surface area contributed by atoms with Gasteiger partial charge in [-0.15, -0.1) is 5.10 Å². The van der Waals surface area contributed by atoms with Gasteiger partial charge < -0.3 is 4.90 Å². The van der Waals surface area contributed by atoms with E-state index in [1.807, 2.05) is 17.0 Å². The van der Waals surface area contributed by atoms with Crippen LogP contribution in [0.15, 0.2) is 22.9 Å². The van der Waals surface area contributed by atoms with Gasteiger partial charge in [0.05, 0.1) is 12.7 Å². The molecule has 0 aliphatic carbocycles. The van der Waals surface area contributed by atoms with Crippen LogP contribution < -0.4 is 4.90 Å². The van der Waals surface area contributed by atoms with Crippen LogP contribution in [0.2, 0.25) is 0 Å². The first-order chi connectivity index (χ1) is 7.74. The monoisotopic (exact) mass is 284 g/mol. The summed E-state index contributed by atoms with van der Waals surface area (Å²) in [6, 6.07) is 3.77. The molecule has 3 heterocycles. The van der Waals surface area contributed by atoms with Crippen molar-refractivity contribution in [3.8, 4) is 0 Å². The highest BCUT2D eigenvalue weighted by Gasteiger charge is 2.23. The Morgan fingerprint density at radius 3 is 3.06 bits per heavy atom. The summed E-state index contributed by atoms with van der Waals surface area (Å²) in [7, 11) is 0. The SMILES string of the molecule is FC1CCN(c2ccc3ncc(Br)n3n2)C1. The van der Waals surface area contributed by atoms with Crippen molar-refractivity contribution < 1.29 is 4.39 Å². The standard InChI is InChI=1S/C10H10BrFN4/c11-8-5-13-9-1-2-10(14-16(8)9)15-4-3-7(12)6-15/h1-2,5,7H,3-4,6H2. The molecule has 1 unspecified atom stereocenters. The fourth-order valence-electron chi connectivity index (χ4n) is 1.93. The second-order valence-corrected chi connectivity index (χ2v) is 4.69. The number of hydrogen-bond acceptors (Lipinski definition) is 3. The Balaban J connectivity index is 2.01. The van der Waals surface area contributed by atoms with Crippen molar-refractivity contribution in [1.82, 2.24) is 14.6 Å². The molecule has 1 saturated heterocycles. The molecule has 84 valence electrons. The molecule has 0 saturated carbocycles. The number of hydrogen-bond donors (Lipinski definition) is 0. The number of fused-ring (bicyclic) bond motifs is 1. The Bertz CT molecular complexity index is 527. The summed E-state index contributed by atoms with van der Waals surface area (Å²) < 4.78 is 15.6. The Morgan fingerprint density at radius 2 is 2.31 bits per heavy atom. The number of nitrogens with zero attached hydrogens (tertiary/aromatic N) is 4. The molecular formula is C10H10BrFN4. The lowest BCUT2D eigenvalue weighted by molar-refractivity contribution is 0.364. The van der Waals surface area contributed by atoms with Crippen LogP contribution in [-0.2, 0) is 0 Å². The van der Waals surface area contributed by atoms with E-state index >= 15 is 0 Å². The van der Waals surface area contributed by atoms with E-state index in [1.54, 1.807) is 10.7 Å². The summed E-state index contributed by atoms with van der Waals surface area (Å²) in [5, 5.41) is 4.42. The predicted octanol–water partition coefficient (Wildman–Crippen LogP) is 2.04. The van der Waals surface area contributed by atoms with Crippen LogP contribution in [-0.4, -0.2) is 33.9 Å². The zero-order valence-electron chi connectivity index (χ0n) is 8.48. The van der Waals surface area contributed by atoms with Crippen LogP contribution in [0, 0.1) is 0 Å². The van der Waals surface area contributed by atoms with Crippen molar-refractivity contribution >= 4 is 27.4 Å². The molecule has 0 bridgehead atoms. The van der Waals surface area contributed by atoms with Crippen LogP contribution in [0.1, 0.15) is 6.42 Å². The maximum absolute atomic E-state index is 13.1. The van der Waals surface area contributed by atoms with Gasteiger partial charge in [0.1, 0.15) is 16.6 Å². The van der Waals surface area contributed by atoms with Gasteiger partial charge in [-0.1, -0.05) is 0 Å². The van der Waals surface area contributed by atoms with Crippen molar-refractivity contribution in [3.63, 3.8) is 0 Å². The van der Waals surface area contributed by atoms with Crippen LogP contribution >= 0.6 is 15.9 Å². The zero-order chi connectivity index (χ0) is 11.1. The summed E-state index contributed by atoms with van der Waals surface area (Å²) in [6.45, 7) is 1.16. The fraction of sp³-hybridized carbons (Fsp3) is 0.400. The molecule has 1 aliphatic heterocycles. The highest BCUT2D eigenvalue weighted by Crippen LogP contribution is 2.21. The van der Waals surface area contributed by atoms with Crippen LogP contribution in [0.25, 0.3) is 5.65 Å². The Morgan fingerprint density at radius 1 is 1.44 bits per heavy atom. The number of imidazole rings is 1. The number of rotatable bonds is 1. The third kappa shape index (κ3) is 1.57. The molecule has 6 heteroatoms. The minimum Gasteiger partial charge on any atom is -0.352 e. The Labute approximate surface area is 100 Å². The number of halogens is 2. The molecule has 4 nitrogen and oxygen atoms in total. The van der Waals surface area contributed by atoms with Crippen molar-refractivity contribution in [2.75, 3.05) is 18.0 Å². The van der Waals surface area contributed by atoms with Crippen molar-refractivity contribution in [2.45, 2.75) is 12.6 Å². The number of anilines is 1. The van der Waals surface area contributed by atoms with E-state index in [0.29, 0.717) is 13.0 Å². The Hall–Kier alpha value is -1.17. The average molecular weight is 285 g/mol. The molecule has 16 heavy (non-hydrogen) atoms. The van der Waals surface area contributed by atoms with Crippen molar-refractivity contribution in [2.24, 2.45) is 0 Å². The third-order valence-corrected chi connectivity index (χ3v) is 3.30. The van der Waals surface area contributed by atoms with Gasteiger partial charge >= 0.3 is 0 Å². The molecular weight excluding hydrogens is 275 g/mol. The summed E-state index contributed by atoms with van der Waals surface area (Å²) in [5.74, 6) is 0.798. The molecule has 0 aromatic carbocycles. The highest BCUT2D eigenvalue weighted by atomic mass is 79.9. The van der Waals surface area contributed by atoms with Crippen LogP contribution in [0.4, 0.5) is 10.2 Å². The third-order valence-electron chi connectivity index (χ3n) is 2.76. The molecule has 0 spiro atoms. The minimum absolute atomic E-state index is 0.435. The van der Waals surface area contributed by atoms with E-state index in [1.165, 1.54) is 0 Å². The average Bonchev–Trinajstić information content (AvgIpc) is 2.86. The molecule has 1 atom stereocenters. The highest BCUT2D eigenvalue weighted by molar-refractivity contribution is 9.10. The summed E-state index contributed by atoms with van der Waals surface area (Å²) in [4.78, 5) is 6.12. The first-order valence-electron chi connectivity index (χ1n) is 5.13. The van der Waals surface area contributed by atoms with Crippen molar-refractivity contribution in [1.29, 1.82) is 0 Å². The van der Waals surface area contributed by atoms with E-state index < -0.39 is 6.17 Å². The smallest absolute Gasteiger partial charge is 0.154 e. The predicted molar refractivity (Wildman–Crippen MR) is 62.4 cm³/mol. The van der Waals surface area contributed by atoms with E-state index in [9.17, 15) is 4.39 Å². The summed E-state index contributed by atoms with van der Waals surface area (Å²) in [6.07, 6.45) is 1.56. The number of aromatic nitrogens is 3. The van der Waals surface area contributed by atoms with Crippen molar-refractivity contribution in [3.05, 3.63) is 22.9 Å². The quantitative estimate of drug-likeness (QED) is 0.804. The molecule has 2 aromatic rings. The van der Waals surface area contributed by atoms with Gasteiger partial charge in [-0.25, -0.2) is 13.9 Å². The fourth-order valence-corrected chi connectivity index (χ4v) is 2.29. The second kappa shape index (κ2) is 3.69. The maximum Gasteiger partial charge on any atom is 0.154 e. The van der Waals surface area contributed by atoms with E-state index in [-0.39, 0.29) is 0 Å². The molecule has 0 radical (unpaired) electrons. The topological polar surface area (TPSA) is 33.4 Å². The summed E-state index contributed by atoms with van der Waals surface area (Å²) in [5.41, 5.74) is 0.784. The molecule has 1 aliphatic rings. The van der Waals surface area contributed by atoms with Gasteiger partial charge in [0.2, 0.25) is 0 Å². The largest absolute Gasteiger partial charge is 0.352 e. The lowest BCUT2D eigenvalue weighted by atomic mass is 10.3. The van der Waals surface area contributed by atoms with E-state index in [4.69, 9.17) is 0 Å².